The molecule has 0 bridgehead atoms. The number of para-hydroxylation sites is 2. The molecule has 0 aromatic heterocycles. The summed E-state index contributed by atoms with van der Waals surface area (Å²) in [6.07, 6.45) is 0.428. The van der Waals surface area contributed by atoms with E-state index in [-0.39, 0.29) is 18.9 Å². The van der Waals surface area contributed by atoms with E-state index in [1.165, 1.54) is 0 Å². The molecule has 5 nitrogen and oxygen atoms in total. The second-order valence-electron chi connectivity index (χ2n) is 4.12. The quantitative estimate of drug-likeness (QED) is 0.630. The molecule has 5 heteroatoms. The number of hydrogen-bond donors (Lipinski definition) is 3. The average molecular weight is 252 g/mol. The van der Waals surface area contributed by atoms with Gasteiger partial charge < -0.3 is 20.9 Å². The normalized spacial score (nSPS) is 11.9. The van der Waals surface area contributed by atoms with E-state index in [4.69, 9.17) is 15.6 Å². The summed E-state index contributed by atoms with van der Waals surface area (Å²) in [4.78, 5) is 11.4. The Balaban J connectivity index is 2.18. The lowest BCUT2D eigenvalue weighted by atomic mass is 10.3. The minimum Gasteiger partial charge on any atom is -0.491 e. The number of carbonyl (C=O) groups excluding carboxylic acids is 1. The predicted octanol–water partition coefficient (Wildman–Crippen LogP) is 0.925. The molecule has 4 N–H and O–H groups in total. The molecule has 0 saturated heterocycles. The minimum atomic E-state index is -0.398. The van der Waals surface area contributed by atoms with Crippen molar-refractivity contribution in [3.05, 3.63) is 24.3 Å². The van der Waals surface area contributed by atoms with Gasteiger partial charge in [-0.05, 0) is 25.5 Å². The lowest BCUT2D eigenvalue weighted by Gasteiger charge is -2.09. The van der Waals surface area contributed by atoms with Crippen molar-refractivity contribution in [2.24, 2.45) is 0 Å². The molecule has 0 spiro atoms. The number of aliphatic hydroxyl groups excluding tert-OH is 1. The van der Waals surface area contributed by atoms with Crippen molar-refractivity contribution in [1.29, 1.82) is 0 Å². The Morgan fingerprint density at radius 3 is 2.89 bits per heavy atom. The van der Waals surface area contributed by atoms with Gasteiger partial charge in [-0.25, -0.2) is 0 Å². The van der Waals surface area contributed by atoms with Crippen LogP contribution in [-0.2, 0) is 4.79 Å². The number of aliphatic hydroxyl groups is 1. The van der Waals surface area contributed by atoms with Crippen molar-refractivity contribution in [1.82, 2.24) is 5.32 Å². The molecule has 0 aliphatic carbocycles. The number of nitrogens with one attached hydrogen (secondary N) is 1. The van der Waals surface area contributed by atoms with E-state index >= 15 is 0 Å². The second-order valence-corrected chi connectivity index (χ2v) is 4.12. The maximum atomic E-state index is 11.4. The lowest BCUT2D eigenvalue weighted by molar-refractivity contribution is -0.121. The van der Waals surface area contributed by atoms with Gasteiger partial charge in [-0.3, -0.25) is 4.79 Å². The number of amides is 1. The third-order valence-electron chi connectivity index (χ3n) is 2.39. The molecule has 0 fully saturated rings. The fourth-order valence-electron chi connectivity index (χ4n) is 1.37. The molecule has 0 heterocycles. The molecular weight excluding hydrogens is 232 g/mol. The Morgan fingerprint density at radius 2 is 2.22 bits per heavy atom. The van der Waals surface area contributed by atoms with Crippen molar-refractivity contribution < 1.29 is 14.6 Å². The summed E-state index contributed by atoms with van der Waals surface area (Å²) >= 11 is 0. The molecule has 100 valence electrons. The smallest absolute Gasteiger partial charge is 0.223 e. The lowest BCUT2D eigenvalue weighted by Crippen LogP contribution is -2.27. The summed E-state index contributed by atoms with van der Waals surface area (Å²) in [7, 11) is 0. The van der Waals surface area contributed by atoms with Crippen LogP contribution in [0.25, 0.3) is 0 Å². The van der Waals surface area contributed by atoms with Crippen LogP contribution in [0.3, 0.4) is 0 Å². The first-order valence-corrected chi connectivity index (χ1v) is 6.01. The van der Waals surface area contributed by atoms with Crippen molar-refractivity contribution in [2.45, 2.75) is 25.9 Å². The van der Waals surface area contributed by atoms with Crippen molar-refractivity contribution in [3.8, 4) is 5.75 Å². The molecule has 0 saturated carbocycles. The van der Waals surface area contributed by atoms with E-state index in [1.54, 1.807) is 19.1 Å². The fourth-order valence-corrected chi connectivity index (χ4v) is 1.37. The van der Waals surface area contributed by atoms with Gasteiger partial charge in [-0.15, -0.1) is 0 Å². The highest BCUT2D eigenvalue weighted by Gasteiger charge is 2.04. The van der Waals surface area contributed by atoms with E-state index in [1.807, 2.05) is 12.1 Å². The van der Waals surface area contributed by atoms with Gasteiger partial charge in [0.05, 0.1) is 24.8 Å². The van der Waals surface area contributed by atoms with Gasteiger partial charge >= 0.3 is 0 Å². The zero-order valence-electron chi connectivity index (χ0n) is 10.6. The maximum absolute atomic E-state index is 11.4. The van der Waals surface area contributed by atoms with E-state index in [0.29, 0.717) is 24.4 Å². The van der Waals surface area contributed by atoms with Gasteiger partial charge in [0.15, 0.2) is 0 Å². The Hall–Kier alpha value is -1.75. The SMILES string of the molecule is CC(O)CCNC(=O)CCOc1ccccc1N. The zero-order chi connectivity index (χ0) is 13.4. The third-order valence-corrected chi connectivity index (χ3v) is 2.39. The first-order valence-electron chi connectivity index (χ1n) is 6.01. The number of benzene rings is 1. The van der Waals surface area contributed by atoms with Gasteiger partial charge in [-0.1, -0.05) is 12.1 Å². The van der Waals surface area contributed by atoms with Crippen LogP contribution < -0.4 is 15.8 Å². The number of hydrogen-bond acceptors (Lipinski definition) is 4. The van der Waals surface area contributed by atoms with E-state index in [9.17, 15) is 4.79 Å². The number of nitrogen functional groups attached to an aromatic ring is 1. The topological polar surface area (TPSA) is 84.6 Å². The Labute approximate surface area is 107 Å². The molecule has 1 rings (SSSR count). The van der Waals surface area contributed by atoms with E-state index in [2.05, 4.69) is 5.32 Å². The largest absolute Gasteiger partial charge is 0.491 e. The van der Waals surface area contributed by atoms with Gasteiger partial charge in [0, 0.05) is 6.54 Å². The van der Waals surface area contributed by atoms with Crippen LogP contribution >= 0.6 is 0 Å². The number of nitrogens with two attached hydrogens (primary N) is 1. The molecule has 0 aliphatic heterocycles. The second kappa shape index (κ2) is 7.55. The van der Waals surface area contributed by atoms with E-state index < -0.39 is 6.10 Å². The van der Waals surface area contributed by atoms with Crippen LogP contribution in [0.4, 0.5) is 5.69 Å². The van der Waals surface area contributed by atoms with Gasteiger partial charge in [0.2, 0.25) is 5.91 Å². The fraction of sp³-hybridized carbons (Fsp3) is 0.462. The predicted molar refractivity (Wildman–Crippen MR) is 70.3 cm³/mol. The van der Waals surface area contributed by atoms with Crippen LogP contribution in [0.1, 0.15) is 19.8 Å². The number of rotatable bonds is 7. The van der Waals surface area contributed by atoms with Gasteiger partial charge in [0.25, 0.3) is 0 Å². The molecular formula is C13H20N2O3. The summed E-state index contributed by atoms with van der Waals surface area (Å²) in [5.74, 6) is 0.499. The number of anilines is 1. The maximum Gasteiger partial charge on any atom is 0.223 e. The van der Waals surface area contributed by atoms with Crippen molar-refractivity contribution in [2.75, 3.05) is 18.9 Å². The summed E-state index contributed by atoms with van der Waals surface area (Å²) in [5.41, 5.74) is 6.26. The Morgan fingerprint density at radius 1 is 1.50 bits per heavy atom. The monoisotopic (exact) mass is 252 g/mol. The standard InChI is InChI=1S/C13H20N2O3/c1-10(16)6-8-15-13(17)7-9-18-12-5-3-2-4-11(12)14/h2-5,10,16H,6-9,14H2,1H3,(H,15,17). The van der Waals surface area contributed by atoms with Crippen molar-refractivity contribution in [3.63, 3.8) is 0 Å². The summed E-state index contributed by atoms with van der Waals surface area (Å²) < 4.78 is 5.40. The number of carbonyl (C=O) groups is 1. The minimum absolute atomic E-state index is 0.0925. The van der Waals surface area contributed by atoms with Crippen molar-refractivity contribution >= 4 is 11.6 Å². The average Bonchev–Trinajstić information content (AvgIpc) is 2.31. The van der Waals surface area contributed by atoms with Crippen LogP contribution in [0.2, 0.25) is 0 Å². The molecule has 1 atom stereocenters. The van der Waals surface area contributed by atoms with Crippen LogP contribution in [0.15, 0.2) is 24.3 Å². The molecule has 0 radical (unpaired) electrons. The molecule has 18 heavy (non-hydrogen) atoms. The molecule has 1 aromatic carbocycles. The molecule has 1 unspecified atom stereocenters. The third kappa shape index (κ3) is 5.54. The van der Waals surface area contributed by atoms with Crippen LogP contribution in [-0.4, -0.2) is 30.3 Å². The molecule has 1 aromatic rings. The summed E-state index contributed by atoms with van der Waals surface area (Å²) in [6, 6.07) is 7.16. The molecule has 0 aliphatic rings. The first kappa shape index (κ1) is 14.3. The number of ether oxygens (including phenoxy) is 1. The van der Waals surface area contributed by atoms with Gasteiger partial charge in [-0.2, -0.15) is 0 Å². The molecule has 1 amide bonds. The van der Waals surface area contributed by atoms with Gasteiger partial charge in [0.1, 0.15) is 5.75 Å². The van der Waals surface area contributed by atoms with E-state index in [0.717, 1.165) is 0 Å². The Kier molecular flexibility index (Phi) is 6.00. The van der Waals surface area contributed by atoms with Crippen LogP contribution in [0.5, 0.6) is 5.75 Å². The summed E-state index contributed by atoms with van der Waals surface area (Å²) in [6.45, 7) is 2.45. The highest BCUT2D eigenvalue weighted by Crippen LogP contribution is 2.19. The zero-order valence-corrected chi connectivity index (χ0v) is 10.6. The van der Waals surface area contributed by atoms with Crippen LogP contribution in [0, 0.1) is 0 Å². The first-order chi connectivity index (χ1) is 8.59. The highest BCUT2D eigenvalue weighted by molar-refractivity contribution is 5.75. The summed E-state index contributed by atoms with van der Waals surface area (Å²) in [5, 5.41) is 11.7. The Bertz CT molecular complexity index is 380. The highest BCUT2D eigenvalue weighted by atomic mass is 16.5.